The van der Waals surface area contributed by atoms with Gasteiger partial charge >= 0.3 is 0 Å². The Kier molecular flexibility index (Phi) is 7.40. The van der Waals surface area contributed by atoms with E-state index < -0.39 is 0 Å². The van der Waals surface area contributed by atoms with E-state index in [1.807, 2.05) is 6.07 Å². The molecule has 8 aromatic carbocycles. The fourth-order valence-electron chi connectivity index (χ4n) is 7.62. The summed E-state index contributed by atoms with van der Waals surface area (Å²) in [4.78, 5) is 2.29. The van der Waals surface area contributed by atoms with Crippen molar-refractivity contribution >= 4 is 49.6 Å². The van der Waals surface area contributed by atoms with Gasteiger partial charge in [-0.1, -0.05) is 115 Å². The minimum absolute atomic E-state index is 0.785. The molecule has 0 unspecified atom stereocenters. The summed E-state index contributed by atoms with van der Waals surface area (Å²) in [6, 6.07) is 70.4. The normalized spacial score (nSPS) is 11.4. The average Bonchev–Trinajstić information content (AvgIpc) is 3.82. The van der Waals surface area contributed by atoms with E-state index in [-0.39, 0.29) is 0 Å². The Morgan fingerprint density at radius 1 is 0.340 bits per heavy atom. The van der Waals surface area contributed by atoms with Crippen LogP contribution in [0.1, 0.15) is 0 Å². The van der Waals surface area contributed by atoms with Crippen LogP contribution in [-0.4, -0.2) is 19.3 Å². The van der Waals surface area contributed by atoms with Gasteiger partial charge in [0.25, 0.3) is 0 Å². The number of hydrogen-bond acceptors (Lipinski definition) is 3. The van der Waals surface area contributed by atoms with Gasteiger partial charge < -0.3 is 9.47 Å². The predicted molar refractivity (Wildman–Crippen MR) is 219 cm³/mol. The van der Waals surface area contributed by atoms with E-state index in [2.05, 4.69) is 208 Å². The monoisotopic (exact) mass is 679 g/mol. The van der Waals surface area contributed by atoms with Gasteiger partial charge in [0.2, 0.25) is 0 Å². The second kappa shape index (κ2) is 12.8. The van der Waals surface area contributed by atoms with Crippen molar-refractivity contribution in [3.63, 3.8) is 0 Å². The van der Waals surface area contributed by atoms with Gasteiger partial charge in [0.1, 0.15) is 0 Å². The maximum atomic E-state index is 4.81. The molecule has 0 fully saturated rings. The zero-order valence-corrected chi connectivity index (χ0v) is 28.8. The number of anilines is 3. The summed E-state index contributed by atoms with van der Waals surface area (Å²) >= 11 is 0. The SMILES string of the molecule is c1ccc(N(c2ccc(-c3nnc(-c4cccc5ccccc45)n3-c3ccccc3)cc2)c2ccc(-n3c4ccccc4c4ccccc43)cc2)cc1. The molecule has 0 bridgehead atoms. The second-order valence-electron chi connectivity index (χ2n) is 13.1. The minimum Gasteiger partial charge on any atom is -0.311 e. The van der Waals surface area contributed by atoms with Gasteiger partial charge in [0, 0.05) is 50.3 Å². The molecular formula is C48H33N5. The van der Waals surface area contributed by atoms with Gasteiger partial charge in [-0.15, -0.1) is 10.2 Å². The third-order valence-corrected chi connectivity index (χ3v) is 10.1. The Morgan fingerprint density at radius 2 is 0.830 bits per heavy atom. The van der Waals surface area contributed by atoms with Gasteiger partial charge in [-0.05, 0) is 95.7 Å². The zero-order valence-electron chi connectivity index (χ0n) is 28.8. The Labute approximate surface area is 307 Å². The summed E-state index contributed by atoms with van der Waals surface area (Å²) in [5.41, 5.74) is 9.74. The fraction of sp³-hybridized carbons (Fsp3) is 0. The van der Waals surface area contributed by atoms with Crippen LogP contribution < -0.4 is 4.90 Å². The molecule has 0 atom stereocenters. The molecule has 10 rings (SSSR count). The molecule has 0 amide bonds. The van der Waals surface area contributed by atoms with Crippen molar-refractivity contribution < 1.29 is 0 Å². The third kappa shape index (κ3) is 5.26. The molecule has 250 valence electrons. The van der Waals surface area contributed by atoms with E-state index in [1.54, 1.807) is 0 Å². The molecule has 0 saturated heterocycles. The number of rotatable bonds is 7. The average molecular weight is 680 g/mol. The number of aromatic nitrogens is 4. The summed E-state index contributed by atoms with van der Waals surface area (Å²) < 4.78 is 4.52. The highest BCUT2D eigenvalue weighted by molar-refractivity contribution is 6.09. The van der Waals surface area contributed by atoms with E-state index in [4.69, 9.17) is 10.2 Å². The second-order valence-corrected chi connectivity index (χ2v) is 13.1. The maximum absolute atomic E-state index is 4.81. The largest absolute Gasteiger partial charge is 0.311 e. The van der Waals surface area contributed by atoms with Crippen LogP contribution in [0.15, 0.2) is 200 Å². The van der Waals surface area contributed by atoms with E-state index in [0.29, 0.717) is 0 Å². The standard InChI is InChI=1S/C48H33N5/c1-3-16-36(17-4-1)51(39-30-32-40(33-31-39)52-45-24-11-9-21-42(45)43-22-10-12-25-46(43)52)38-28-26-35(27-29-38)47-49-50-48(53(47)37-18-5-2-6-19-37)44-23-13-15-34-14-7-8-20-41(34)44/h1-33H. The predicted octanol–water partition coefficient (Wildman–Crippen LogP) is 12.3. The molecule has 0 N–H and O–H groups in total. The van der Waals surface area contributed by atoms with Crippen LogP contribution in [0.5, 0.6) is 0 Å². The zero-order chi connectivity index (χ0) is 35.1. The summed E-state index contributed by atoms with van der Waals surface area (Å²) in [5.74, 6) is 1.59. The highest BCUT2D eigenvalue weighted by Crippen LogP contribution is 2.38. The van der Waals surface area contributed by atoms with Crippen LogP contribution in [-0.2, 0) is 0 Å². The molecule has 2 aromatic heterocycles. The summed E-state index contributed by atoms with van der Waals surface area (Å²) in [5, 5.41) is 14.4. The Balaban J connectivity index is 1.06. The van der Waals surface area contributed by atoms with Crippen LogP contribution in [0.2, 0.25) is 0 Å². The van der Waals surface area contributed by atoms with Crippen molar-refractivity contribution in [2.24, 2.45) is 0 Å². The lowest BCUT2D eigenvalue weighted by molar-refractivity contribution is 1.07. The van der Waals surface area contributed by atoms with Crippen LogP contribution in [0.25, 0.3) is 66.7 Å². The topological polar surface area (TPSA) is 38.9 Å². The molecule has 5 nitrogen and oxygen atoms in total. The van der Waals surface area contributed by atoms with Crippen molar-refractivity contribution in [3.05, 3.63) is 200 Å². The van der Waals surface area contributed by atoms with Crippen LogP contribution in [0.3, 0.4) is 0 Å². The first-order valence-electron chi connectivity index (χ1n) is 17.8. The molecule has 5 heteroatoms. The molecule has 0 radical (unpaired) electrons. The van der Waals surface area contributed by atoms with Crippen molar-refractivity contribution in [2.75, 3.05) is 4.90 Å². The van der Waals surface area contributed by atoms with Crippen molar-refractivity contribution in [1.29, 1.82) is 0 Å². The number of para-hydroxylation sites is 4. The lowest BCUT2D eigenvalue weighted by Gasteiger charge is -2.26. The highest BCUT2D eigenvalue weighted by atomic mass is 15.3. The number of fused-ring (bicyclic) bond motifs is 4. The number of benzene rings is 8. The van der Waals surface area contributed by atoms with Crippen LogP contribution in [0.4, 0.5) is 17.1 Å². The Bertz CT molecular complexity index is 2810. The molecule has 2 heterocycles. The van der Waals surface area contributed by atoms with Gasteiger partial charge in [0.15, 0.2) is 11.6 Å². The van der Waals surface area contributed by atoms with Gasteiger partial charge in [-0.2, -0.15) is 0 Å². The van der Waals surface area contributed by atoms with Gasteiger partial charge in [0.05, 0.1) is 11.0 Å². The molecule has 0 aliphatic rings. The Morgan fingerprint density at radius 3 is 1.51 bits per heavy atom. The van der Waals surface area contributed by atoms with E-state index in [9.17, 15) is 0 Å². The molecule has 0 aliphatic carbocycles. The first kappa shape index (κ1) is 30.6. The smallest absolute Gasteiger partial charge is 0.169 e. The van der Waals surface area contributed by atoms with E-state index >= 15 is 0 Å². The molecule has 0 spiro atoms. The van der Waals surface area contributed by atoms with Crippen LogP contribution >= 0.6 is 0 Å². The van der Waals surface area contributed by atoms with Crippen molar-refractivity contribution in [1.82, 2.24) is 19.3 Å². The summed E-state index contributed by atoms with van der Waals surface area (Å²) in [7, 11) is 0. The lowest BCUT2D eigenvalue weighted by Crippen LogP contribution is -2.10. The number of hydrogen-bond donors (Lipinski definition) is 0. The number of nitrogens with zero attached hydrogens (tertiary/aromatic N) is 5. The molecular weight excluding hydrogens is 647 g/mol. The first-order chi connectivity index (χ1) is 26.3. The quantitative estimate of drug-likeness (QED) is 0.168. The molecule has 0 aliphatic heterocycles. The van der Waals surface area contributed by atoms with Crippen LogP contribution in [0, 0.1) is 0 Å². The third-order valence-electron chi connectivity index (χ3n) is 10.1. The summed E-state index contributed by atoms with van der Waals surface area (Å²) in [6.07, 6.45) is 0. The van der Waals surface area contributed by atoms with E-state index in [0.717, 1.165) is 56.6 Å². The molecule has 10 aromatic rings. The summed E-state index contributed by atoms with van der Waals surface area (Å²) in [6.45, 7) is 0. The lowest BCUT2D eigenvalue weighted by atomic mass is 10.0. The first-order valence-corrected chi connectivity index (χ1v) is 17.8. The fourth-order valence-corrected chi connectivity index (χ4v) is 7.62. The molecule has 53 heavy (non-hydrogen) atoms. The van der Waals surface area contributed by atoms with Crippen molar-refractivity contribution in [2.45, 2.75) is 0 Å². The Hall–Kier alpha value is -7.24. The maximum Gasteiger partial charge on any atom is 0.169 e. The molecule has 0 saturated carbocycles. The minimum atomic E-state index is 0.785. The van der Waals surface area contributed by atoms with Crippen molar-refractivity contribution in [3.8, 4) is 34.2 Å². The van der Waals surface area contributed by atoms with Gasteiger partial charge in [-0.3, -0.25) is 4.57 Å². The highest BCUT2D eigenvalue weighted by Gasteiger charge is 2.20. The van der Waals surface area contributed by atoms with Gasteiger partial charge in [-0.25, -0.2) is 0 Å². The van der Waals surface area contributed by atoms with E-state index in [1.165, 1.54) is 27.2 Å².